The molecule has 19 heavy (non-hydrogen) atoms. The molecule has 0 saturated heterocycles. The molecule has 0 aliphatic rings. The van der Waals surface area contributed by atoms with E-state index in [4.69, 9.17) is 5.73 Å². The summed E-state index contributed by atoms with van der Waals surface area (Å²) >= 11 is 0. The number of amides is 1. The zero-order valence-electron chi connectivity index (χ0n) is 12.4. The number of nitrogens with zero attached hydrogens (tertiary/aromatic N) is 2. The summed E-state index contributed by atoms with van der Waals surface area (Å²) in [7, 11) is 1.84. The summed E-state index contributed by atoms with van der Waals surface area (Å²) in [5, 5.41) is 0. The highest BCUT2D eigenvalue weighted by Crippen LogP contribution is 2.18. The molecule has 106 valence electrons. The van der Waals surface area contributed by atoms with Gasteiger partial charge in [0.2, 0.25) is 5.91 Å². The fourth-order valence-corrected chi connectivity index (χ4v) is 1.85. The number of carbonyl (C=O) groups is 1. The lowest BCUT2D eigenvalue weighted by molar-refractivity contribution is -0.129. The summed E-state index contributed by atoms with van der Waals surface area (Å²) in [5.41, 5.74) is 7.54. The summed E-state index contributed by atoms with van der Waals surface area (Å²) in [5.74, 6) is 0.130. The molecule has 0 saturated carbocycles. The van der Waals surface area contributed by atoms with Gasteiger partial charge >= 0.3 is 0 Å². The lowest BCUT2D eigenvalue weighted by atomic mass is 10.2. The Bertz CT molecular complexity index is 418. The standard InChI is InChI=1S/C15H25N3O/c1-5-9-18(11-15(19)17(4)12(2)3)14-8-6-7-13(16)10-14/h6-8,10,12H,5,9,11,16H2,1-4H3. The number of nitrogens with two attached hydrogens (primary N) is 1. The lowest BCUT2D eigenvalue weighted by Crippen LogP contribution is -2.41. The van der Waals surface area contributed by atoms with Crippen molar-refractivity contribution in [3.8, 4) is 0 Å². The number of nitrogen functional groups attached to an aromatic ring is 1. The second-order valence-electron chi connectivity index (χ2n) is 5.11. The maximum absolute atomic E-state index is 12.2. The van der Waals surface area contributed by atoms with Crippen LogP contribution in [-0.2, 0) is 4.79 Å². The highest BCUT2D eigenvalue weighted by atomic mass is 16.2. The normalized spacial score (nSPS) is 10.6. The Morgan fingerprint density at radius 3 is 2.58 bits per heavy atom. The van der Waals surface area contributed by atoms with Crippen molar-refractivity contribution in [3.63, 3.8) is 0 Å². The van der Waals surface area contributed by atoms with E-state index >= 15 is 0 Å². The number of benzene rings is 1. The van der Waals surface area contributed by atoms with Gasteiger partial charge < -0.3 is 15.5 Å². The zero-order valence-corrected chi connectivity index (χ0v) is 12.4. The fourth-order valence-electron chi connectivity index (χ4n) is 1.85. The smallest absolute Gasteiger partial charge is 0.242 e. The van der Waals surface area contributed by atoms with Crippen molar-refractivity contribution < 1.29 is 4.79 Å². The molecular weight excluding hydrogens is 238 g/mol. The second-order valence-corrected chi connectivity index (χ2v) is 5.11. The van der Waals surface area contributed by atoms with E-state index in [2.05, 4.69) is 11.8 Å². The Morgan fingerprint density at radius 1 is 1.37 bits per heavy atom. The first-order valence-corrected chi connectivity index (χ1v) is 6.81. The number of hydrogen-bond donors (Lipinski definition) is 1. The van der Waals surface area contributed by atoms with Gasteiger partial charge in [-0.25, -0.2) is 0 Å². The molecule has 1 amide bonds. The van der Waals surface area contributed by atoms with Crippen LogP contribution in [0.5, 0.6) is 0 Å². The van der Waals surface area contributed by atoms with Crippen LogP contribution in [0.3, 0.4) is 0 Å². The first kappa shape index (κ1) is 15.3. The Labute approximate surface area is 116 Å². The van der Waals surface area contributed by atoms with Gasteiger partial charge in [-0.1, -0.05) is 13.0 Å². The van der Waals surface area contributed by atoms with Gasteiger partial charge in [0, 0.05) is 31.0 Å². The largest absolute Gasteiger partial charge is 0.399 e. The molecule has 4 heteroatoms. The van der Waals surface area contributed by atoms with Crippen molar-refractivity contribution in [2.75, 3.05) is 30.8 Å². The fraction of sp³-hybridized carbons (Fsp3) is 0.533. The van der Waals surface area contributed by atoms with E-state index in [9.17, 15) is 4.79 Å². The summed E-state index contributed by atoms with van der Waals surface area (Å²) in [6, 6.07) is 7.91. The third-order valence-corrected chi connectivity index (χ3v) is 3.22. The molecule has 0 aromatic heterocycles. The van der Waals surface area contributed by atoms with E-state index in [0.29, 0.717) is 6.54 Å². The molecule has 1 rings (SSSR count). The quantitative estimate of drug-likeness (QED) is 0.802. The molecule has 0 spiro atoms. The van der Waals surface area contributed by atoms with Crippen LogP contribution in [0.25, 0.3) is 0 Å². The Morgan fingerprint density at radius 2 is 2.05 bits per heavy atom. The zero-order chi connectivity index (χ0) is 14.4. The van der Waals surface area contributed by atoms with Crippen molar-refractivity contribution in [1.82, 2.24) is 4.90 Å². The number of carbonyl (C=O) groups excluding carboxylic acids is 1. The van der Waals surface area contributed by atoms with Crippen molar-refractivity contribution in [2.45, 2.75) is 33.2 Å². The van der Waals surface area contributed by atoms with E-state index in [1.165, 1.54) is 0 Å². The maximum Gasteiger partial charge on any atom is 0.242 e. The average Bonchev–Trinajstić information content (AvgIpc) is 2.37. The first-order valence-electron chi connectivity index (χ1n) is 6.81. The van der Waals surface area contributed by atoms with Crippen LogP contribution >= 0.6 is 0 Å². The highest BCUT2D eigenvalue weighted by Gasteiger charge is 2.16. The first-order chi connectivity index (χ1) is 8.95. The SMILES string of the molecule is CCCN(CC(=O)N(C)C(C)C)c1cccc(N)c1. The monoisotopic (exact) mass is 263 g/mol. The third-order valence-electron chi connectivity index (χ3n) is 3.22. The number of likely N-dealkylation sites (N-methyl/N-ethyl adjacent to an activating group) is 1. The average molecular weight is 263 g/mol. The topological polar surface area (TPSA) is 49.6 Å². The van der Waals surface area contributed by atoms with Crippen molar-refractivity contribution in [1.29, 1.82) is 0 Å². The summed E-state index contributed by atoms with van der Waals surface area (Å²) in [6.45, 7) is 7.38. The Hall–Kier alpha value is -1.71. The van der Waals surface area contributed by atoms with E-state index < -0.39 is 0 Å². The molecule has 0 bridgehead atoms. The van der Waals surface area contributed by atoms with E-state index in [0.717, 1.165) is 24.3 Å². The molecule has 1 aromatic rings. The summed E-state index contributed by atoms with van der Waals surface area (Å²) in [4.78, 5) is 16.0. The van der Waals surface area contributed by atoms with Crippen LogP contribution < -0.4 is 10.6 Å². The minimum Gasteiger partial charge on any atom is -0.399 e. The van der Waals surface area contributed by atoms with E-state index in [1.807, 2.05) is 45.2 Å². The molecular formula is C15H25N3O. The van der Waals surface area contributed by atoms with Gasteiger partial charge in [-0.15, -0.1) is 0 Å². The molecule has 0 aliphatic heterocycles. The predicted molar refractivity (Wildman–Crippen MR) is 81.3 cm³/mol. The third kappa shape index (κ3) is 4.47. The second kappa shape index (κ2) is 7.02. The maximum atomic E-state index is 12.2. The van der Waals surface area contributed by atoms with Crippen molar-refractivity contribution in [2.24, 2.45) is 0 Å². The molecule has 0 fully saturated rings. The number of rotatable bonds is 6. The van der Waals surface area contributed by atoms with Crippen molar-refractivity contribution >= 4 is 17.3 Å². The van der Waals surface area contributed by atoms with Crippen molar-refractivity contribution in [3.05, 3.63) is 24.3 Å². The van der Waals surface area contributed by atoms with Crippen LogP contribution in [0.4, 0.5) is 11.4 Å². The van der Waals surface area contributed by atoms with Gasteiger partial charge in [-0.2, -0.15) is 0 Å². The minimum absolute atomic E-state index is 0.130. The van der Waals surface area contributed by atoms with Gasteiger partial charge in [-0.3, -0.25) is 4.79 Å². The molecule has 0 aliphatic carbocycles. The van der Waals surface area contributed by atoms with Crippen LogP contribution in [-0.4, -0.2) is 37.0 Å². The molecule has 0 atom stereocenters. The molecule has 0 radical (unpaired) electrons. The summed E-state index contributed by atoms with van der Waals surface area (Å²) in [6.07, 6.45) is 0.994. The van der Waals surface area contributed by atoms with Crippen LogP contribution in [0.1, 0.15) is 27.2 Å². The Kier molecular flexibility index (Phi) is 5.67. The van der Waals surface area contributed by atoms with E-state index in [-0.39, 0.29) is 11.9 Å². The molecule has 0 heterocycles. The predicted octanol–water partition coefficient (Wildman–Crippen LogP) is 2.35. The van der Waals surface area contributed by atoms with Gasteiger partial charge in [0.1, 0.15) is 0 Å². The van der Waals surface area contributed by atoms with Gasteiger partial charge in [0.05, 0.1) is 6.54 Å². The van der Waals surface area contributed by atoms with Crippen LogP contribution in [0.15, 0.2) is 24.3 Å². The number of anilines is 2. The highest BCUT2D eigenvalue weighted by molar-refractivity contribution is 5.81. The molecule has 2 N–H and O–H groups in total. The summed E-state index contributed by atoms with van der Waals surface area (Å²) < 4.78 is 0. The Balaban J connectivity index is 2.81. The number of hydrogen-bond acceptors (Lipinski definition) is 3. The molecule has 1 aromatic carbocycles. The van der Waals surface area contributed by atoms with E-state index in [1.54, 1.807) is 4.90 Å². The van der Waals surface area contributed by atoms with Gasteiger partial charge in [0.25, 0.3) is 0 Å². The molecule has 4 nitrogen and oxygen atoms in total. The van der Waals surface area contributed by atoms with Gasteiger partial charge in [-0.05, 0) is 38.5 Å². The molecule has 0 unspecified atom stereocenters. The lowest BCUT2D eigenvalue weighted by Gasteiger charge is -2.28. The van der Waals surface area contributed by atoms with Crippen LogP contribution in [0.2, 0.25) is 0 Å². The van der Waals surface area contributed by atoms with Gasteiger partial charge in [0.15, 0.2) is 0 Å². The minimum atomic E-state index is 0.130. The van der Waals surface area contributed by atoms with Crippen LogP contribution in [0, 0.1) is 0 Å².